The molecule has 1 N–H and O–H groups in total. The smallest absolute Gasteiger partial charge is 0.325 e. The average Bonchev–Trinajstić information content (AvgIpc) is 2.45. The molecule has 20 heavy (non-hydrogen) atoms. The summed E-state index contributed by atoms with van der Waals surface area (Å²) >= 11 is 1.65. The van der Waals surface area contributed by atoms with Crippen molar-refractivity contribution in [3.05, 3.63) is 18.0 Å². The van der Waals surface area contributed by atoms with Gasteiger partial charge in [-0.3, -0.25) is 4.79 Å². The van der Waals surface area contributed by atoms with Crippen molar-refractivity contribution in [2.24, 2.45) is 0 Å². The van der Waals surface area contributed by atoms with Crippen molar-refractivity contribution in [3.63, 3.8) is 0 Å². The number of nitrogens with zero attached hydrogens (tertiary/aromatic N) is 2. The first-order valence-electron chi connectivity index (χ1n) is 6.71. The zero-order chi connectivity index (χ0) is 15.0. The van der Waals surface area contributed by atoms with Crippen molar-refractivity contribution >= 4 is 17.7 Å². The van der Waals surface area contributed by atoms with Crippen LogP contribution in [0, 0.1) is 6.92 Å². The Morgan fingerprint density at radius 2 is 2.25 bits per heavy atom. The summed E-state index contributed by atoms with van der Waals surface area (Å²) in [4.78, 5) is 20.2. The van der Waals surface area contributed by atoms with E-state index < -0.39 is 5.54 Å². The van der Waals surface area contributed by atoms with Crippen LogP contribution in [-0.2, 0) is 9.53 Å². The molecule has 6 heteroatoms. The van der Waals surface area contributed by atoms with Crippen molar-refractivity contribution in [2.45, 2.75) is 43.8 Å². The summed E-state index contributed by atoms with van der Waals surface area (Å²) in [6, 6.07) is 1.89. The van der Waals surface area contributed by atoms with Gasteiger partial charge in [0.1, 0.15) is 5.54 Å². The molecule has 112 valence electrons. The molecule has 0 bridgehead atoms. The van der Waals surface area contributed by atoms with E-state index in [1.54, 1.807) is 25.0 Å². The quantitative estimate of drug-likeness (QED) is 0.343. The van der Waals surface area contributed by atoms with Crippen LogP contribution in [0.3, 0.4) is 0 Å². The molecule has 1 rings (SSSR count). The van der Waals surface area contributed by atoms with E-state index >= 15 is 0 Å². The Balaban J connectivity index is 2.29. The van der Waals surface area contributed by atoms with Gasteiger partial charge >= 0.3 is 5.97 Å². The Morgan fingerprint density at radius 1 is 1.50 bits per heavy atom. The number of hydrogen-bond acceptors (Lipinski definition) is 6. The molecule has 1 heterocycles. The molecule has 1 aromatic heterocycles. The first kappa shape index (κ1) is 16.9. The largest absolute Gasteiger partial charge is 0.468 e. The van der Waals surface area contributed by atoms with Gasteiger partial charge in [0, 0.05) is 17.6 Å². The van der Waals surface area contributed by atoms with E-state index in [1.165, 1.54) is 7.11 Å². The number of aryl methyl sites for hydroxylation is 1. The van der Waals surface area contributed by atoms with E-state index in [0.29, 0.717) is 0 Å². The first-order valence-corrected chi connectivity index (χ1v) is 7.70. The van der Waals surface area contributed by atoms with Gasteiger partial charge in [0.05, 0.1) is 7.11 Å². The van der Waals surface area contributed by atoms with Crippen LogP contribution in [-0.4, -0.2) is 41.4 Å². The maximum absolute atomic E-state index is 11.7. The molecule has 0 aliphatic rings. The summed E-state index contributed by atoms with van der Waals surface area (Å²) < 4.78 is 4.82. The van der Waals surface area contributed by atoms with Crippen LogP contribution in [0.25, 0.3) is 0 Å². The molecule has 0 aromatic carbocycles. The van der Waals surface area contributed by atoms with Crippen molar-refractivity contribution in [2.75, 3.05) is 19.9 Å². The molecule has 0 saturated heterocycles. The molecule has 0 spiro atoms. The number of nitrogens with one attached hydrogen (secondary N) is 1. The molecule has 0 aliphatic carbocycles. The minimum absolute atomic E-state index is 0.213. The maximum atomic E-state index is 11.7. The van der Waals surface area contributed by atoms with Crippen molar-refractivity contribution in [3.8, 4) is 0 Å². The number of methoxy groups -OCH3 is 1. The fourth-order valence-electron chi connectivity index (χ4n) is 1.79. The number of rotatable bonds is 8. The molecule has 0 fully saturated rings. The third-order valence-electron chi connectivity index (χ3n) is 3.26. The summed E-state index contributed by atoms with van der Waals surface area (Å²) in [5.74, 6) is 0.736. The molecule has 5 nitrogen and oxygen atoms in total. The number of thioether (sulfide) groups is 1. The highest BCUT2D eigenvalue weighted by molar-refractivity contribution is 7.99. The Bertz CT molecular complexity index is 442. The predicted molar refractivity (Wildman–Crippen MR) is 80.8 cm³/mol. The van der Waals surface area contributed by atoms with Gasteiger partial charge in [-0.05, 0) is 39.8 Å². The molecule has 0 radical (unpaired) electrons. The molecular formula is C14H23N3O2S. The van der Waals surface area contributed by atoms with Gasteiger partial charge in [-0.15, -0.1) is 0 Å². The second-order valence-electron chi connectivity index (χ2n) is 4.86. The lowest BCUT2D eigenvalue weighted by atomic mass is 9.95. The number of likely N-dealkylation sites (N-methyl/N-ethyl adjacent to an activating group) is 1. The van der Waals surface area contributed by atoms with Gasteiger partial charge in [0.15, 0.2) is 5.16 Å². The minimum atomic E-state index is -0.598. The highest BCUT2D eigenvalue weighted by Crippen LogP contribution is 2.19. The molecule has 1 unspecified atom stereocenters. The van der Waals surface area contributed by atoms with Crippen molar-refractivity contribution in [1.29, 1.82) is 0 Å². The highest BCUT2D eigenvalue weighted by atomic mass is 32.2. The number of unbranched alkanes of at least 4 members (excludes halogenated alkanes) is 1. The monoisotopic (exact) mass is 297 g/mol. The highest BCUT2D eigenvalue weighted by Gasteiger charge is 2.31. The van der Waals surface area contributed by atoms with Crippen molar-refractivity contribution in [1.82, 2.24) is 15.3 Å². The number of ether oxygens (including phenoxy) is 1. The van der Waals surface area contributed by atoms with Crippen LogP contribution < -0.4 is 5.32 Å². The predicted octanol–water partition coefficient (Wildman–Crippen LogP) is 2.20. The SMILES string of the molecule is CNC(C)(CCCCSc1nccc(C)n1)C(=O)OC. The van der Waals surface area contributed by atoms with E-state index in [1.807, 2.05) is 19.9 Å². The summed E-state index contributed by atoms with van der Waals surface area (Å²) in [5.41, 5.74) is 0.384. The average molecular weight is 297 g/mol. The van der Waals surface area contributed by atoms with Gasteiger partial charge in [-0.25, -0.2) is 9.97 Å². The van der Waals surface area contributed by atoms with E-state index in [4.69, 9.17) is 4.74 Å². The van der Waals surface area contributed by atoms with E-state index in [9.17, 15) is 4.79 Å². The van der Waals surface area contributed by atoms with Gasteiger partial charge in [0.25, 0.3) is 0 Å². The number of esters is 1. The zero-order valence-corrected chi connectivity index (χ0v) is 13.4. The molecular weight excluding hydrogens is 274 g/mol. The van der Waals surface area contributed by atoms with Gasteiger partial charge < -0.3 is 10.1 Å². The summed E-state index contributed by atoms with van der Waals surface area (Å²) in [5, 5.41) is 3.85. The van der Waals surface area contributed by atoms with E-state index in [-0.39, 0.29) is 5.97 Å². The number of carbonyl (C=O) groups is 1. The molecule has 1 atom stereocenters. The Morgan fingerprint density at radius 3 is 2.85 bits per heavy atom. The Hall–Kier alpha value is -1.14. The van der Waals surface area contributed by atoms with Crippen molar-refractivity contribution < 1.29 is 9.53 Å². The number of hydrogen-bond donors (Lipinski definition) is 1. The van der Waals surface area contributed by atoms with Crippen LogP contribution in [0.2, 0.25) is 0 Å². The van der Waals surface area contributed by atoms with Gasteiger partial charge in [0.2, 0.25) is 0 Å². The van der Waals surface area contributed by atoms with E-state index in [0.717, 1.165) is 35.9 Å². The minimum Gasteiger partial charge on any atom is -0.468 e. The lowest BCUT2D eigenvalue weighted by Gasteiger charge is -2.25. The topological polar surface area (TPSA) is 64.1 Å². The van der Waals surface area contributed by atoms with Gasteiger partial charge in [-0.1, -0.05) is 18.2 Å². The van der Waals surface area contributed by atoms with Crippen LogP contribution in [0.4, 0.5) is 0 Å². The lowest BCUT2D eigenvalue weighted by molar-refractivity contribution is -0.148. The fourth-order valence-corrected chi connectivity index (χ4v) is 2.67. The zero-order valence-electron chi connectivity index (χ0n) is 12.6. The molecule has 0 saturated carbocycles. The standard InChI is InChI=1S/C14H23N3O2S/c1-11-7-9-16-13(17-11)20-10-6-5-8-14(2,15-3)12(18)19-4/h7,9,15H,5-6,8,10H2,1-4H3. The van der Waals surface area contributed by atoms with Crippen LogP contribution >= 0.6 is 11.8 Å². The Labute approximate surface area is 124 Å². The van der Waals surface area contributed by atoms with Crippen LogP contribution in [0.15, 0.2) is 17.4 Å². The summed E-state index contributed by atoms with van der Waals surface area (Å²) in [6.45, 7) is 3.83. The maximum Gasteiger partial charge on any atom is 0.325 e. The molecule has 0 amide bonds. The normalized spacial score (nSPS) is 13.8. The van der Waals surface area contributed by atoms with Crippen LogP contribution in [0.5, 0.6) is 0 Å². The summed E-state index contributed by atoms with van der Waals surface area (Å²) in [6.07, 6.45) is 4.49. The third-order valence-corrected chi connectivity index (χ3v) is 4.21. The lowest BCUT2D eigenvalue weighted by Crippen LogP contribution is -2.48. The second kappa shape index (κ2) is 8.21. The third kappa shape index (κ3) is 5.09. The number of carbonyl (C=O) groups excluding carboxylic acids is 1. The van der Waals surface area contributed by atoms with Gasteiger partial charge in [-0.2, -0.15) is 0 Å². The molecule has 1 aromatic rings. The van der Waals surface area contributed by atoms with Crippen LogP contribution in [0.1, 0.15) is 31.9 Å². The number of aromatic nitrogens is 2. The fraction of sp³-hybridized carbons (Fsp3) is 0.643. The molecule has 0 aliphatic heterocycles. The van der Waals surface area contributed by atoms with E-state index in [2.05, 4.69) is 15.3 Å². The first-order chi connectivity index (χ1) is 9.51. The Kier molecular flexibility index (Phi) is 6.95. The second-order valence-corrected chi connectivity index (χ2v) is 5.92. The summed E-state index contributed by atoms with van der Waals surface area (Å²) in [7, 11) is 3.20.